The van der Waals surface area contributed by atoms with Crippen LogP contribution in [-0.2, 0) is 11.2 Å². The number of aromatic nitrogens is 2. The average Bonchev–Trinajstić information content (AvgIpc) is 3.08. The number of aryl methyl sites for hydroxylation is 2. The molecule has 8 nitrogen and oxygen atoms in total. The molecule has 8 heteroatoms. The zero-order valence-electron chi connectivity index (χ0n) is 16.3. The number of guanidine groups is 1. The van der Waals surface area contributed by atoms with Gasteiger partial charge in [-0.25, -0.2) is 0 Å². The van der Waals surface area contributed by atoms with E-state index in [1.807, 2.05) is 38.1 Å². The molecule has 2 aromatic rings. The smallest absolute Gasteiger partial charge is 0.226 e. The first-order valence-electron chi connectivity index (χ1n) is 9.27. The lowest BCUT2D eigenvalue weighted by molar-refractivity contribution is 0.172. The summed E-state index contributed by atoms with van der Waals surface area (Å²) in [7, 11) is 1.69. The molecule has 0 radical (unpaired) electrons. The molecule has 0 aliphatic heterocycles. The van der Waals surface area contributed by atoms with E-state index in [-0.39, 0.29) is 0 Å². The number of nitrogens with zero attached hydrogens (tertiary/aromatic N) is 3. The Morgan fingerprint density at radius 3 is 2.89 bits per heavy atom. The zero-order chi connectivity index (χ0) is 19.3. The van der Waals surface area contributed by atoms with Gasteiger partial charge in [0.2, 0.25) is 5.89 Å². The van der Waals surface area contributed by atoms with Crippen molar-refractivity contribution in [2.75, 3.05) is 38.7 Å². The SMILES string of the molecule is CCNC(=NCCCc1nc(C)no1)Nc1cccc(OCCCOC)c1. The van der Waals surface area contributed by atoms with Crippen molar-refractivity contribution >= 4 is 11.6 Å². The number of nitrogens with one attached hydrogen (secondary N) is 2. The van der Waals surface area contributed by atoms with Crippen LogP contribution in [0.25, 0.3) is 0 Å². The second-order valence-electron chi connectivity index (χ2n) is 5.95. The number of hydrogen-bond donors (Lipinski definition) is 2. The molecule has 1 aromatic carbocycles. The fourth-order valence-electron chi connectivity index (χ4n) is 2.36. The number of ether oxygens (including phenoxy) is 2. The van der Waals surface area contributed by atoms with E-state index >= 15 is 0 Å². The van der Waals surface area contributed by atoms with Crippen LogP contribution < -0.4 is 15.4 Å². The van der Waals surface area contributed by atoms with Crippen LogP contribution in [0, 0.1) is 6.92 Å². The van der Waals surface area contributed by atoms with Gasteiger partial charge in [-0.2, -0.15) is 4.98 Å². The van der Waals surface area contributed by atoms with E-state index in [4.69, 9.17) is 14.0 Å². The lowest BCUT2D eigenvalue weighted by atomic mass is 10.3. The van der Waals surface area contributed by atoms with Gasteiger partial charge in [-0.05, 0) is 32.4 Å². The Labute approximate surface area is 160 Å². The van der Waals surface area contributed by atoms with Gasteiger partial charge in [0.15, 0.2) is 11.8 Å². The lowest BCUT2D eigenvalue weighted by Gasteiger charge is -2.13. The van der Waals surface area contributed by atoms with Crippen LogP contribution in [0.3, 0.4) is 0 Å². The first-order valence-corrected chi connectivity index (χ1v) is 9.27. The van der Waals surface area contributed by atoms with E-state index in [1.165, 1.54) is 0 Å². The van der Waals surface area contributed by atoms with Gasteiger partial charge in [-0.15, -0.1) is 0 Å². The van der Waals surface area contributed by atoms with Crippen LogP contribution in [0.1, 0.15) is 31.5 Å². The molecule has 0 spiro atoms. The number of anilines is 1. The predicted molar refractivity (Wildman–Crippen MR) is 105 cm³/mol. The summed E-state index contributed by atoms with van der Waals surface area (Å²) in [5.74, 6) is 2.86. The van der Waals surface area contributed by atoms with Crippen LogP contribution in [0.5, 0.6) is 5.75 Å². The Bertz CT molecular complexity index is 702. The second-order valence-corrected chi connectivity index (χ2v) is 5.95. The lowest BCUT2D eigenvalue weighted by Crippen LogP contribution is -2.30. The molecule has 0 aliphatic carbocycles. The maximum atomic E-state index is 5.74. The molecule has 2 rings (SSSR count). The molecule has 27 heavy (non-hydrogen) atoms. The summed E-state index contributed by atoms with van der Waals surface area (Å²) < 4.78 is 15.9. The first kappa shape index (κ1) is 20.7. The number of rotatable bonds is 11. The minimum atomic E-state index is 0.626. The summed E-state index contributed by atoms with van der Waals surface area (Å²) in [6, 6.07) is 7.83. The molecular weight excluding hydrogens is 346 g/mol. The van der Waals surface area contributed by atoms with Crippen LogP contribution in [0.2, 0.25) is 0 Å². The van der Waals surface area contributed by atoms with Gasteiger partial charge in [0.05, 0.1) is 6.61 Å². The second kappa shape index (κ2) is 11.9. The number of aliphatic imine (C=N–C) groups is 1. The quantitative estimate of drug-likeness (QED) is 0.354. The van der Waals surface area contributed by atoms with E-state index in [0.717, 1.165) is 36.8 Å². The predicted octanol–water partition coefficient (Wildman–Crippen LogP) is 2.80. The molecule has 0 saturated heterocycles. The van der Waals surface area contributed by atoms with E-state index < -0.39 is 0 Å². The van der Waals surface area contributed by atoms with Crippen molar-refractivity contribution in [1.82, 2.24) is 15.5 Å². The third-order valence-corrected chi connectivity index (χ3v) is 3.59. The van der Waals surface area contributed by atoms with Gasteiger partial charge in [-0.3, -0.25) is 4.99 Å². The molecule has 0 unspecified atom stereocenters. The standard InChI is InChI=1S/C19H29N5O3/c1-4-20-19(21-11-6-10-18-22-15(2)24-27-18)23-16-8-5-9-17(14-16)26-13-7-12-25-3/h5,8-9,14H,4,6-7,10-13H2,1-3H3,(H2,20,21,23). The van der Waals surface area contributed by atoms with E-state index in [1.54, 1.807) is 7.11 Å². The minimum Gasteiger partial charge on any atom is -0.493 e. The maximum absolute atomic E-state index is 5.74. The van der Waals surface area contributed by atoms with Crippen LogP contribution in [0.4, 0.5) is 5.69 Å². The molecule has 0 bridgehead atoms. The minimum absolute atomic E-state index is 0.626. The Morgan fingerprint density at radius 2 is 2.15 bits per heavy atom. The van der Waals surface area contributed by atoms with Crippen molar-refractivity contribution in [2.24, 2.45) is 4.99 Å². The molecule has 148 valence electrons. The molecule has 0 amide bonds. The Balaban J connectivity index is 1.84. The topological polar surface area (TPSA) is 93.8 Å². The molecule has 2 N–H and O–H groups in total. The fraction of sp³-hybridized carbons (Fsp3) is 0.526. The summed E-state index contributed by atoms with van der Waals surface area (Å²) in [6.07, 6.45) is 2.41. The van der Waals surface area contributed by atoms with Gasteiger partial charge in [0, 0.05) is 51.4 Å². The molecule has 0 atom stereocenters. The first-order chi connectivity index (χ1) is 13.2. The van der Waals surface area contributed by atoms with E-state index in [9.17, 15) is 0 Å². The number of methoxy groups -OCH3 is 1. The molecule has 1 heterocycles. The van der Waals surface area contributed by atoms with Crippen molar-refractivity contribution in [1.29, 1.82) is 0 Å². The van der Waals surface area contributed by atoms with Crippen LogP contribution >= 0.6 is 0 Å². The zero-order valence-corrected chi connectivity index (χ0v) is 16.3. The summed E-state index contributed by atoms with van der Waals surface area (Å²) in [4.78, 5) is 8.79. The Morgan fingerprint density at radius 1 is 1.26 bits per heavy atom. The van der Waals surface area contributed by atoms with E-state index in [0.29, 0.717) is 37.9 Å². The third kappa shape index (κ3) is 8.08. The third-order valence-electron chi connectivity index (χ3n) is 3.59. The van der Waals surface area contributed by atoms with Crippen molar-refractivity contribution in [3.8, 4) is 5.75 Å². The number of benzene rings is 1. The highest BCUT2D eigenvalue weighted by atomic mass is 16.5. The molecule has 1 aromatic heterocycles. The molecular formula is C19H29N5O3. The van der Waals surface area contributed by atoms with Gasteiger partial charge < -0.3 is 24.6 Å². The van der Waals surface area contributed by atoms with Gasteiger partial charge in [-0.1, -0.05) is 11.2 Å². The molecule has 0 aliphatic rings. The Hall–Kier alpha value is -2.61. The van der Waals surface area contributed by atoms with Crippen molar-refractivity contribution in [3.63, 3.8) is 0 Å². The Kier molecular flexibility index (Phi) is 9.12. The summed E-state index contributed by atoms with van der Waals surface area (Å²) in [5.41, 5.74) is 0.923. The number of hydrogen-bond acceptors (Lipinski definition) is 6. The largest absolute Gasteiger partial charge is 0.493 e. The molecule has 0 fully saturated rings. The van der Waals surface area contributed by atoms with Gasteiger partial charge in [0.25, 0.3) is 0 Å². The van der Waals surface area contributed by atoms with Crippen LogP contribution in [-0.4, -0.2) is 49.5 Å². The summed E-state index contributed by atoms with van der Waals surface area (Å²) >= 11 is 0. The van der Waals surface area contributed by atoms with Crippen LogP contribution in [0.15, 0.2) is 33.8 Å². The maximum Gasteiger partial charge on any atom is 0.226 e. The monoisotopic (exact) mass is 375 g/mol. The van der Waals surface area contributed by atoms with Crippen molar-refractivity contribution in [2.45, 2.75) is 33.1 Å². The van der Waals surface area contributed by atoms with Gasteiger partial charge >= 0.3 is 0 Å². The molecule has 0 saturated carbocycles. The highest BCUT2D eigenvalue weighted by Crippen LogP contribution is 2.17. The highest BCUT2D eigenvalue weighted by Gasteiger charge is 2.04. The summed E-state index contributed by atoms with van der Waals surface area (Å²) in [5, 5.41) is 10.3. The van der Waals surface area contributed by atoms with Crippen molar-refractivity contribution in [3.05, 3.63) is 36.0 Å². The average molecular weight is 375 g/mol. The normalized spacial score (nSPS) is 11.4. The fourth-order valence-corrected chi connectivity index (χ4v) is 2.36. The highest BCUT2D eigenvalue weighted by molar-refractivity contribution is 5.93. The van der Waals surface area contributed by atoms with Gasteiger partial charge in [0.1, 0.15) is 5.75 Å². The summed E-state index contributed by atoms with van der Waals surface area (Å²) in [6.45, 7) is 6.60. The van der Waals surface area contributed by atoms with E-state index in [2.05, 4.69) is 25.8 Å². The van der Waals surface area contributed by atoms with Crippen molar-refractivity contribution < 1.29 is 14.0 Å².